The Balaban J connectivity index is 5.48. The lowest BCUT2D eigenvalue weighted by Gasteiger charge is -2.27. The molecule has 8 N–H and O–H groups in total. The quantitative estimate of drug-likeness (QED) is 0.202. The number of hydrogen-bond donors (Lipinski definition) is 6. The summed E-state index contributed by atoms with van der Waals surface area (Å²) in [6.45, 7) is 10.6. The van der Waals surface area contributed by atoms with Crippen LogP contribution < -0.4 is 27.4 Å². The summed E-state index contributed by atoms with van der Waals surface area (Å²) in [7, 11) is 0. The van der Waals surface area contributed by atoms with Crippen LogP contribution in [0, 0.1) is 17.8 Å². The monoisotopic (exact) mass is 457 g/mol. The molecule has 4 amide bonds. The lowest BCUT2D eigenvalue weighted by molar-refractivity contribution is -0.143. The van der Waals surface area contributed by atoms with E-state index in [0.29, 0.717) is 6.42 Å². The predicted molar refractivity (Wildman–Crippen MR) is 119 cm³/mol. The molecule has 0 saturated heterocycles. The third-order valence-electron chi connectivity index (χ3n) is 5.17. The number of primary amides is 1. The first kappa shape index (κ1) is 29.3. The number of carboxylic acids is 1. The zero-order valence-electron chi connectivity index (χ0n) is 19.8. The van der Waals surface area contributed by atoms with E-state index in [9.17, 15) is 29.1 Å². The normalized spacial score (nSPS) is 15.9. The molecule has 0 fully saturated rings. The number of carboxylic acid groups (broad SMARTS) is 1. The highest BCUT2D eigenvalue weighted by Gasteiger charge is 2.33. The largest absolute Gasteiger partial charge is 0.480 e. The highest BCUT2D eigenvalue weighted by molar-refractivity contribution is 5.96. The van der Waals surface area contributed by atoms with Crippen LogP contribution in [0.2, 0.25) is 0 Å². The van der Waals surface area contributed by atoms with Gasteiger partial charge in [0.15, 0.2) is 0 Å². The highest BCUT2D eigenvalue weighted by Crippen LogP contribution is 2.09. The molecule has 0 aliphatic heterocycles. The number of nitrogens with two attached hydrogens (primary N) is 2. The maximum Gasteiger partial charge on any atom is 0.326 e. The van der Waals surface area contributed by atoms with E-state index in [1.54, 1.807) is 20.8 Å². The van der Waals surface area contributed by atoms with Crippen LogP contribution in [-0.4, -0.2) is 58.9 Å². The Morgan fingerprint density at radius 2 is 1.38 bits per heavy atom. The van der Waals surface area contributed by atoms with Crippen LogP contribution in [0.5, 0.6) is 0 Å². The van der Waals surface area contributed by atoms with Gasteiger partial charge in [0, 0.05) is 0 Å². The molecular formula is C21H39N5O6. The number of amides is 4. The summed E-state index contributed by atoms with van der Waals surface area (Å²) in [5.74, 6) is -4.63. The Hall–Kier alpha value is -2.69. The standard InChI is InChI=1S/C21H39N5O6/c1-7-12(6)16(23)19(29)24-13(9-15(22)27)18(28)26-17(11(4)5)20(30)25-14(21(31)32)8-10(2)3/h10-14,16-17H,7-9,23H2,1-6H3,(H2,22,27)(H,24,29)(H,25,30)(H,26,28)(H,31,32). The van der Waals surface area contributed by atoms with Crippen LogP contribution >= 0.6 is 0 Å². The van der Waals surface area contributed by atoms with E-state index in [1.165, 1.54) is 0 Å². The Bertz CT molecular complexity index is 682. The first-order valence-corrected chi connectivity index (χ1v) is 10.9. The SMILES string of the molecule is CCC(C)C(N)C(=O)NC(CC(N)=O)C(=O)NC(C(=O)NC(CC(C)C)C(=O)O)C(C)C. The van der Waals surface area contributed by atoms with Crippen molar-refractivity contribution < 1.29 is 29.1 Å². The van der Waals surface area contributed by atoms with Gasteiger partial charge in [0.05, 0.1) is 12.5 Å². The van der Waals surface area contributed by atoms with Crippen molar-refractivity contribution in [1.29, 1.82) is 0 Å². The minimum absolute atomic E-state index is 0.0216. The molecule has 11 heteroatoms. The molecule has 0 rings (SSSR count). The van der Waals surface area contributed by atoms with Gasteiger partial charge in [-0.05, 0) is 24.2 Å². The molecule has 184 valence electrons. The zero-order valence-corrected chi connectivity index (χ0v) is 19.8. The fourth-order valence-electron chi connectivity index (χ4n) is 2.93. The van der Waals surface area contributed by atoms with Gasteiger partial charge in [-0.3, -0.25) is 19.2 Å². The molecule has 0 bridgehead atoms. The summed E-state index contributed by atoms with van der Waals surface area (Å²) in [6, 6.07) is -4.42. The van der Waals surface area contributed by atoms with Crippen LogP contribution in [0.3, 0.4) is 0 Å². The molecule has 0 aliphatic carbocycles. The van der Waals surface area contributed by atoms with E-state index >= 15 is 0 Å². The summed E-state index contributed by atoms with van der Waals surface area (Å²) >= 11 is 0. The molecule has 0 aromatic carbocycles. The van der Waals surface area contributed by atoms with Crippen molar-refractivity contribution in [2.45, 2.75) is 85.0 Å². The first-order chi connectivity index (χ1) is 14.7. The third-order valence-corrected chi connectivity index (χ3v) is 5.17. The fourth-order valence-corrected chi connectivity index (χ4v) is 2.93. The minimum atomic E-state index is -1.32. The fraction of sp³-hybridized carbons (Fsp3) is 0.762. The van der Waals surface area contributed by atoms with E-state index in [1.807, 2.05) is 20.8 Å². The molecule has 0 radical (unpaired) electrons. The van der Waals surface area contributed by atoms with Gasteiger partial charge in [-0.25, -0.2) is 4.79 Å². The molecule has 0 aromatic heterocycles. The van der Waals surface area contributed by atoms with Crippen molar-refractivity contribution in [1.82, 2.24) is 16.0 Å². The van der Waals surface area contributed by atoms with Crippen molar-refractivity contribution in [3.05, 3.63) is 0 Å². The lowest BCUT2D eigenvalue weighted by atomic mass is 9.98. The second-order valence-electron chi connectivity index (χ2n) is 8.90. The van der Waals surface area contributed by atoms with Gasteiger partial charge >= 0.3 is 5.97 Å². The molecule has 0 spiro atoms. The van der Waals surface area contributed by atoms with Crippen molar-refractivity contribution in [3.8, 4) is 0 Å². The van der Waals surface area contributed by atoms with Gasteiger partial charge in [-0.1, -0.05) is 48.0 Å². The highest BCUT2D eigenvalue weighted by atomic mass is 16.4. The zero-order chi connectivity index (χ0) is 25.2. The molecule has 0 heterocycles. The average molecular weight is 458 g/mol. The Kier molecular flexibility index (Phi) is 12.5. The van der Waals surface area contributed by atoms with Gasteiger partial charge in [-0.2, -0.15) is 0 Å². The van der Waals surface area contributed by atoms with Crippen LogP contribution in [0.15, 0.2) is 0 Å². The molecule has 0 aliphatic rings. The first-order valence-electron chi connectivity index (χ1n) is 10.9. The lowest BCUT2D eigenvalue weighted by Crippen LogP contribution is -2.59. The maximum absolute atomic E-state index is 12.8. The Labute approximate surface area is 189 Å². The summed E-state index contributed by atoms with van der Waals surface area (Å²) < 4.78 is 0. The van der Waals surface area contributed by atoms with E-state index in [-0.39, 0.29) is 18.3 Å². The third kappa shape index (κ3) is 10.1. The summed E-state index contributed by atoms with van der Waals surface area (Å²) in [6.07, 6.45) is 0.369. The Morgan fingerprint density at radius 1 is 0.844 bits per heavy atom. The van der Waals surface area contributed by atoms with Gasteiger partial charge < -0.3 is 32.5 Å². The second-order valence-corrected chi connectivity index (χ2v) is 8.90. The number of aliphatic carboxylic acids is 1. The van der Waals surface area contributed by atoms with Crippen LogP contribution in [0.25, 0.3) is 0 Å². The van der Waals surface area contributed by atoms with Crippen molar-refractivity contribution in [2.75, 3.05) is 0 Å². The number of rotatable bonds is 14. The molecule has 11 nitrogen and oxygen atoms in total. The van der Waals surface area contributed by atoms with E-state index in [0.717, 1.165) is 0 Å². The van der Waals surface area contributed by atoms with Crippen LogP contribution in [0.4, 0.5) is 0 Å². The van der Waals surface area contributed by atoms with Gasteiger partial charge in [0.2, 0.25) is 23.6 Å². The van der Waals surface area contributed by atoms with Crippen molar-refractivity contribution >= 4 is 29.6 Å². The van der Waals surface area contributed by atoms with Crippen LogP contribution in [-0.2, 0) is 24.0 Å². The predicted octanol–water partition coefficient (Wildman–Crippen LogP) is -0.524. The summed E-state index contributed by atoms with van der Waals surface area (Å²) in [4.78, 5) is 60.9. The van der Waals surface area contributed by atoms with Gasteiger partial charge in [0.25, 0.3) is 0 Å². The smallest absolute Gasteiger partial charge is 0.326 e. The molecule has 0 saturated carbocycles. The van der Waals surface area contributed by atoms with Gasteiger partial charge in [0.1, 0.15) is 18.1 Å². The van der Waals surface area contributed by atoms with E-state index in [2.05, 4.69) is 16.0 Å². The molecular weight excluding hydrogens is 418 g/mol. The Morgan fingerprint density at radius 3 is 1.78 bits per heavy atom. The van der Waals surface area contributed by atoms with E-state index in [4.69, 9.17) is 11.5 Å². The molecule has 5 unspecified atom stereocenters. The van der Waals surface area contributed by atoms with Crippen molar-refractivity contribution in [3.63, 3.8) is 0 Å². The van der Waals surface area contributed by atoms with Gasteiger partial charge in [-0.15, -0.1) is 0 Å². The number of hydrogen-bond acceptors (Lipinski definition) is 6. The topological polar surface area (TPSA) is 194 Å². The van der Waals surface area contributed by atoms with Crippen LogP contribution in [0.1, 0.15) is 60.8 Å². The summed E-state index contributed by atoms with van der Waals surface area (Å²) in [5.41, 5.74) is 11.1. The number of carbonyl (C=O) groups is 5. The molecule has 5 atom stereocenters. The number of nitrogens with one attached hydrogen (secondary N) is 3. The second kappa shape index (κ2) is 13.7. The average Bonchev–Trinajstić information content (AvgIpc) is 2.68. The molecule has 0 aromatic rings. The maximum atomic E-state index is 12.8. The number of carbonyl (C=O) groups excluding carboxylic acids is 4. The molecule has 32 heavy (non-hydrogen) atoms. The summed E-state index contributed by atoms with van der Waals surface area (Å²) in [5, 5.41) is 16.7. The van der Waals surface area contributed by atoms with E-state index < -0.39 is 66.1 Å². The minimum Gasteiger partial charge on any atom is -0.480 e. The van der Waals surface area contributed by atoms with Crippen molar-refractivity contribution in [2.24, 2.45) is 29.2 Å².